The Labute approximate surface area is 99.5 Å². The Hall–Kier alpha value is -0.120. The fourth-order valence-corrected chi connectivity index (χ4v) is 2.20. The molecule has 16 heavy (non-hydrogen) atoms. The lowest BCUT2D eigenvalue weighted by Crippen LogP contribution is -2.48. The van der Waals surface area contributed by atoms with Crippen LogP contribution in [0.15, 0.2) is 0 Å². The van der Waals surface area contributed by atoms with Crippen molar-refractivity contribution in [3.05, 3.63) is 0 Å². The third-order valence-corrected chi connectivity index (χ3v) is 3.89. The highest BCUT2D eigenvalue weighted by Gasteiger charge is 2.24. The first-order chi connectivity index (χ1) is 7.75. The summed E-state index contributed by atoms with van der Waals surface area (Å²) in [5.74, 6) is 2.61. The van der Waals surface area contributed by atoms with E-state index in [9.17, 15) is 0 Å². The Kier molecular flexibility index (Phi) is 4.62. The van der Waals surface area contributed by atoms with Gasteiger partial charge in [0.05, 0.1) is 6.61 Å². The molecule has 1 N–H and O–H groups in total. The second-order valence-electron chi connectivity index (χ2n) is 5.68. The molecule has 3 nitrogen and oxygen atoms in total. The van der Waals surface area contributed by atoms with Gasteiger partial charge in [-0.05, 0) is 50.7 Å². The number of likely N-dealkylation sites (N-methyl/N-ethyl adjacent to an activating group) is 1. The van der Waals surface area contributed by atoms with E-state index in [1.165, 1.54) is 32.5 Å². The van der Waals surface area contributed by atoms with Gasteiger partial charge in [-0.2, -0.15) is 0 Å². The van der Waals surface area contributed by atoms with Crippen LogP contribution in [0.25, 0.3) is 0 Å². The molecule has 0 amide bonds. The van der Waals surface area contributed by atoms with Crippen molar-refractivity contribution in [1.82, 2.24) is 10.2 Å². The van der Waals surface area contributed by atoms with Crippen molar-refractivity contribution in [2.75, 3.05) is 46.4 Å². The molecule has 1 atom stereocenters. The van der Waals surface area contributed by atoms with Gasteiger partial charge in [-0.15, -0.1) is 0 Å². The number of nitrogens with one attached hydrogen (secondary N) is 1. The van der Waals surface area contributed by atoms with Crippen LogP contribution in [0.3, 0.4) is 0 Å². The van der Waals surface area contributed by atoms with Crippen LogP contribution in [-0.2, 0) is 4.74 Å². The van der Waals surface area contributed by atoms with Gasteiger partial charge in [0.1, 0.15) is 0 Å². The maximum absolute atomic E-state index is 5.66. The Morgan fingerprint density at radius 3 is 2.69 bits per heavy atom. The second-order valence-corrected chi connectivity index (χ2v) is 5.68. The molecule has 0 aromatic rings. The third kappa shape index (κ3) is 4.04. The van der Waals surface area contributed by atoms with Crippen LogP contribution in [0.2, 0.25) is 0 Å². The van der Waals surface area contributed by atoms with Gasteiger partial charge in [-0.25, -0.2) is 0 Å². The summed E-state index contributed by atoms with van der Waals surface area (Å²) in [7, 11) is 2.21. The molecule has 2 fully saturated rings. The average molecular weight is 226 g/mol. The number of rotatable bonds is 8. The molecule has 1 heterocycles. The van der Waals surface area contributed by atoms with E-state index >= 15 is 0 Å². The number of hydrogen-bond acceptors (Lipinski definition) is 3. The second kappa shape index (κ2) is 5.99. The quantitative estimate of drug-likeness (QED) is 0.629. The summed E-state index contributed by atoms with van der Waals surface area (Å²) in [4.78, 5) is 2.41. The molecule has 1 saturated carbocycles. The maximum Gasteiger partial charge on any atom is 0.0593 e. The lowest BCUT2D eigenvalue weighted by atomic mass is 9.89. The van der Waals surface area contributed by atoms with Crippen molar-refractivity contribution < 1.29 is 4.74 Å². The molecule has 1 unspecified atom stereocenters. The van der Waals surface area contributed by atoms with E-state index in [1.807, 2.05) is 0 Å². The lowest BCUT2D eigenvalue weighted by Gasteiger charge is -2.34. The zero-order valence-corrected chi connectivity index (χ0v) is 10.7. The third-order valence-electron chi connectivity index (χ3n) is 3.89. The fourth-order valence-electron chi connectivity index (χ4n) is 2.20. The van der Waals surface area contributed by atoms with Gasteiger partial charge in [0.15, 0.2) is 0 Å². The highest BCUT2D eigenvalue weighted by Crippen LogP contribution is 2.28. The monoisotopic (exact) mass is 226 g/mol. The minimum atomic E-state index is 0.815. The molecule has 1 saturated heterocycles. The van der Waals surface area contributed by atoms with E-state index in [0.717, 1.165) is 37.5 Å². The summed E-state index contributed by atoms with van der Waals surface area (Å²) in [6, 6.07) is 0. The summed E-state index contributed by atoms with van der Waals surface area (Å²) in [5, 5.41) is 3.34. The van der Waals surface area contributed by atoms with Gasteiger partial charge >= 0.3 is 0 Å². The minimum Gasteiger partial charge on any atom is -0.380 e. The van der Waals surface area contributed by atoms with Crippen LogP contribution in [-0.4, -0.2) is 51.3 Å². The summed E-state index contributed by atoms with van der Waals surface area (Å²) in [6.45, 7) is 8.99. The van der Waals surface area contributed by atoms with Crippen LogP contribution >= 0.6 is 0 Å². The summed E-state index contributed by atoms with van der Waals surface area (Å²) < 4.78 is 5.66. The smallest absolute Gasteiger partial charge is 0.0593 e. The average Bonchev–Trinajstić information content (AvgIpc) is 2.92. The highest BCUT2D eigenvalue weighted by molar-refractivity contribution is 4.80. The number of nitrogens with zero attached hydrogens (tertiary/aromatic N) is 1. The van der Waals surface area contributed by atoms with Gasteiger partial charge in [0.25, 0.3) is 0 Å². The SMILES string of the molecule is CC(CN(C)CCOCC1CC1)C1CNC1. The topological polar surface area (TPSA) is 24.5 Å². The zero-order valence-electron chi connectivity index (χ0n) is 10.7. The fraction of sp³-hybridized carbons (Fsp3) is 1.00. The molecule has 0 bridgehead atoms. The van der Waals surface area contributed by atoms with Gasteiger partial charge in [-0.3, -0.25) is 0 Å². The molecule has 1 aliphatic heterocycles. The molecule has 2 aliphatic rings. The molecule has 0 radical (unpaired) electrons. The Morgan fingerprint density at radius 1 is 1.38 bits per heavy atom. The summed E-state index contributed by atoms with van der Waals surface area (Å²) >= 11 is 0. The predicted molar refractivity (Wildman–Crippen MR) is 66.6 cm³/mol. The van der Waals surface area contributed by atoms with E-state index in [4.69, 9.17) is 4.74 Å². The van der Waals surface area contributed by atoms with Crippen LogP contribution in [0.1, 0.15) is 19.8 Å². The van der Waals surface area contributed by atoms with Crippen LogP contribution < -0.4 is 5.32 Å². The molecule has 0 spiro atoms. The molecule has 3 heteroatoms. The van der Waals surface area contributed by atoms with E-state index in [-0.39, 0.29) is 0 Å². The molecular formula is C13H26N2O. The first kappa shape index (κ1) is 12.3. The number of hydrogen-bond donors (Lipinski definition) is 1. The van der Waals surface area contributed by atoms with Crippen LogP contribution in [0.4, 0.5) is 0 Å². The maximum atomic E-state index is 5.66. The molecular weight excluding hydrogens is 200 g/mol. The number of ether oxygens (including phenoxy) is 1. The molecule has 0 aromatic heterocycles. The minimum absolute atomic E-state index is 0.815. The van der Waals surface area contributed by atoms with Crippen molar-refractivity contribution in [3.63, 3.8) is 0 Å². The van der Waals surface area contributed by atoms with Crippen molar-refractivity contribution in [1.29, 1.82) is 0 Å². The Bertz CT molecular complexity index is 202. The first-order valence-electron chi connectivity index (χ1n) is 6.72. The molecule has 0 aromatic carbocycles. The van der Waals surface area contributed by atoms with E-state index in [1.54, 1.807) is 0 Å². The van der Waals surface area contributed by atoms with Crippen molar-refractivity contribution in [2.45, 2.75) is 19.8 Å². The largest absolute Gasteiger partial charge is 0.380 e. The molecule has 94 valence electrons. The normalized spacial score (nSPS) is 23.4. The predicted octanol–water partition coefficient (Wildman–Crippen LogP) is 1.20. The van der Waals surface area contributed by atoms with Crippen molar-refractivity contribution in [2.24, 2.45) is 17.8 Å². The van der Waals surface area contributed by atoms with Crippen LogP contribution in [0.5, 0.6) is 0 Å². The Morgan fingerprint density at radius 2 is 2.12 bits per heavy atom. The molecule has 2 rings (SSSR count). The standard InChI is InChI=1S/C13H26N2O/c1-11(13-7-14-8-13)9-15(2)5-6-16-10-12-3-4-12/h11-14H,3-10H2,1-2H3. The molecule has 1 aliphatic carbocycles. The van der Waals surface area contributed by atoms with E-state index in [2.05, 4.69) is 24.2 Å². The van der Waals surface area contributed by atoms with Gasteiger partial charge in [0.2, 0.25) is 0 Å². The van der Waals surface area contributed by atoms with E-state index in [0.29, 0.717) is 0 Å². The van der Waals surface area contributed by atoms with E-state index < -0.39 is 0 Å². The Balaban J connectivity index is 1.47. The van der Waals surface area contributed by atoms with Gasteiger partial charge < -0.3 is 15.0 Å². The zero-order chi connectivity index (χ0) is 11.4. The first-order valence-corrected chi connectivity index (χ1v) is 6.72. The highest BCUT2D eigenvalue weighted by atomic mass is 16.5. The van der Waals surface area contributed by atoms with Gasteiger partial charge in [-0.1, -0.05) is 6.92 Å². The lowest BCUT2D eigenvalue weighted by molar-refractivity contribution is 0.0932. The van der Waals surface area contributed by atoms with Gasteiger partial charge in [0, 0.05) is 19.7 Å². The summed E-state index contributed by atoms with van der Waals surface area (Å²) in [5.41, 5.74) is 0. The van der Waals surface area contributed by atoms with Crippen LogP contribution in [0, 0.1) is 17.8 Å². The summed E-state index contributed by atoms with van der Waals surface area (Å²) in [6.07, 6.45) is 2.78. The van der Waals surface area contributed by atoms with Crippen molar-refractivity contribution in [3.8, 4) is 0 Å². The van der Waals surface area contributed by atoms with Crippen molar-refractivity contribution >= 4 is 0 Å².